The molecule has 0 aromatic rings. The Balaban J connectivity index is 2.37. The highest BCUT2D eigenvalue weighted by atomic mass is 16.5. The molecule has 2 atom stereocenters. The van der Waals surface area contributed by atoms with Crippen molar-refractivity contribution in [2.45, 2.75) is 58.2 Å². The summed E-state index contributed by atoms with van der Waals surface area (Å²) in [5.74, 6) is -0.650. The van der Waals surface area contributed by atoms with Gasteiger partial charge in [0, 0.05) is 19.3 Å². The zero-order valence-corrected chi connectivity index (χ0v) is 11.7. The molecule has 5 heteroatoms. The Morgan fingerprint density at radius 3 is 2.74 bits per heavy atom. The lowest BCUT2D eigenvalue weighted by molar-refractivity contribution is -0.204. The normalized spacial score (nSPS) is 33.7. The highest BCUT2D eigenvalue weighted by Crippen LogP contribution is 2.46. The number of hydrogen-bond donors (Lipinski definition) is 0. The molecule has 19 heavy (non-hydrogen) atoms. The van der Waals surface area contributed by atoms with Gasteiger partial charge in [0.05, 0.1) is 18.3 Å². The van der Waals surface area contributed by atoms with Crippen LogP contribution in [-0.2, 0) is 23.9 Å². The Bertz CT molecular complexity index is 426. The van der Waals surface area contributed by atoms with Gasteiger partial charge in [-0.25, -0.2) is 0 Å². The number of fused-ring (bicyclic) bond motifs is 1. The predicted molar refractivity (Wildman–Crippen MR) is 66.5 cm³/mol. The van der Waals surface area contributed by atoms with E-state index in [2.05, 4.69) is 0 Å². The van der Waals surface area contributed by atoms with Crippen LogP contribution in [0.25, 0.3) is 0 Å². The van der Waals surface area contributed by atoms with Crippen molar-refractivity contribution in [3.63, 3.8) is 0 Å². The first kappa shape index (κ1) is 14.2. The lowest BCUT2D eigenvalue weighted by Crippen LogP contribution is -2.61. The minimum atomic E-state index is -1.26. The van der Waals surface area contributed by atoms with E-state index in [9.17, 15) is 14.4 Å². The van der Waals surface area contributed by atoms with Gasteiger partial charge in [0.25, 0.3) is 0 Å². The molecule has 1 aliphatic heterocycles. The molecule has 2 rings (SSSR count). The summed E-state index contributed by atoms with van der Waals surface area (Å²) < 4.78 is 10.9. The van der Waals surface area contributed by atoms with Crippen LogP contribution in [0, 0.1) is 5.41 Å². The average molecular weight is 268 g/mol. The Hall–Kier alpha value is -1.23. The van der Waals surface area contributed by atoms with Gasteiger partial charge in [-0.1, -0.05) is 0 Å². The highest BCUT2D eigenvalue weighted by molar-refractivity contribution is 6.07. The van der Waals surface area contributed by atoms with Crippen LogP contribution in [0.3, 0.4) is 0 Å². The van der Waals surface area contributed by atoms with Gasteiger partial charge in [-0.05, 0) is 27.2 Å². The lowest BCUT2D eigenvalue weighted by Gasteiger charge is -2.48. The smallest absolute Gasteiger partial charge is 0.322 e. The summed E-state index contributed by atoms with van der Waals surface area (Å²) in [5, 5.41) is 0. The van der Waals surface area contributed by atoms with E-state index in [-0.39, 0.29) is 43.9 Å². The second-order valence-corrected chi connectivity index (χ2v) is 5.90. The molecule has 1 saturated heterocycles. The molecule has 0 radical (unpaired) electrons. The van der Waals surface area contributed by atoms with E-state index in [0.29, 0.717) is 0 Å². The van der Waals surface area contributed by atoms with Crippen LogP contribution < -0.4 is 0 Å². The van der Waals surface area contributed by atoms with Gasteiger partial charge in [0.2, 0.25) is 0 Å². The van der Waals surface area contributed by atoms with Gasteiger partial charge < -0.3 is 9.47 Å². The van der Waals surface area contributed by atoms with E-state index in [4.69, 9.17) is 9.47 Å². The fourth-order valence-corrected chi connectivity index (χ4v) is 3.02. The molecule has 1 unspecified atom stereocenters. The summed E-state index contributed by atoms with van der Waals surface area (Å²) in [6.45, 7) is 5.53. The molecule has 2 aliphatic rings. The maximum absolute atomic E-state index is 12.5. The van der Waals surface area contributed by atoms with Crippen LogP contribution in [-0.4, -0.2) is 35.8 Å². The van der Waals surface area contributed by atoms with Crippen molar-refractivity contribution in [2.75, 3.05) is 6.61 Å². The van der Waals surface area contributed by atoms with Gasteiger partial charge in [0.1, 0.15) is 5.78 Å². The summed E-state index contributed by atoms with van der Waals surface area (Å²) >= 11 is 0. The second kappa shape index (κ2) is 4.71. The summed E-state index contributed by atoms with van der Waals surface area (Å²) in [6, 6.07) is 0. The van der Waals surface area contributed by atoms with Crippen LogP contribution in [0.1, 0.15) is 46.5 Å². The quantitative estimate of drug-likeness (QED) is 0.559. The molecule has 1 heterocycles. The Kier molecular flexibility index (Phi) is 3.51. The maximum Gasteiger partial charge on any atom is 0.322 e. The first-order valence-electron chi connectivity index (χ1n) is 6.72. The minimum Gasteiger partial charge on any atom is -0.465 e. The molecule has 0 N–H and O–H groups in total. The predicted octanol–water partition coefficient (Wildman–Crippen LogP) is 1.43. The van der Waals surface area contributed by atoms with Crippen LogP contribution in [0.5, 0.6) is 0 Å². The zero-order chi connectivity index (χ0) is 14.3. The standard InChI is InChI=1S/C14H20O5/c1-4-18-12(17)14-6-5-9(15)7-11(14)19-13(2,3)8-10(14)16/h11H,4-8H2,1-3H3/t11?,14-/m0/s1. The molecule has 0 spiro atoms. The van der Waals surface area contributed by atoms with Crippen LogP contribution in [0.15, 0.2) is 0 Å². The molecule has 0 amide bonds. The van der Waals surface area contributed by atoms with Crippen molar-refractivity contribution in [1.82, 2.24) is 0 Å². The number of carbonyl (C=O) groups excluding carboxylic acids is 3. The summed E-state index contributed by atoms with van der Waals surface area (Å²) in [6.07, 6.45) is 0.0728. The number of esters is 1. The average Bonchev–Trinajstić information content (AvgIpc) is 2.27. The molecule has 5 nitrogen and oxygen atoms in total. The Morgan fingerprint density at radius 2 is 2.11 bits per heavy atom. The first-order chi connectivity index (χ1) is 8.82. The third kappa shape index (κ3) is 2.31. The largest absolute Gasteiger partial charge is 0.465 e. The van der Waals surface area contributed by atoms with Crippen molar-refractivity contribution >= 4 is 17.5 Å². The van der Waals surface area contributed by atoms with Gasteiger partial charge in [-0.15, -0.1) is 0 Å². The molecule has 0 aromatic heterocycles. The Labute approximate surface area is 112 Å². The minimum absolute atomic E-state index is 0.0374. The molecule has 2 fully saturated rings. The summed E-state index contributed by atoms with van der Waals surface area (Å²) in [5.41, 5.74) is -1.89. The highest BCUT2D eigenvalue weighted by Gasteiger charge is 2.60. The third-order valence-corrected chi connectivity index (χ3v) is 3.95. The molecule has 0 bridgehead atoms. The van der Waals surface area contributed by atoms with E-state index in [0.717, 1.165) is 0 Å². The molecular weight excluding hydrogens is 248 g/mol. The van der Waals surface area contributed by atoms with Crippen molar-refractivity contribution in [3.8, 4) is 0 Å². The van der Waals surface area contributed by atoms with Crippen molar-refractivity contribution in [2.24, 2.45) is 5.41 Å². The monoisotopic (exact) mass is 268 g/mol. The van der Waals surface area contributed by atoms with Gasteiger partial charge in [0.15, 0.2) is 11.2 Å². The topological polar surface area (TPSA) is 69.7 Å². The zero-order valence-electron chi connectivity index (χ0n) is 11.7. The fraction of sp³-hybridized carbons (Fsp3) is 0.786. The maximum atomic E-state index is 12.5. The molecule has 0 aromatic carbocycles. The van der Waals surface area contributed by atoms with E-state index in [1.807, 2.05) is 0 Å². The number of Topliss-reactive ketones (excluding diaryl/α,β-unsaturated/α-hetero) is 2. The van der Waals surface area contributed by atoms with Crippen molar-refractivity contribution in [3.05, 3.63) is 0 Å². The number of hydrogen-bond acceptors (Lipinski definition) is 5. The summed E-state index contributed by atoms with van der Waals surface area (Å²) in [4.78, 5) is 36.4. The SMILES string of the molecule is CCOC(=O)[C@]12CCC(=O)CC1OC(C)(C)CC2=O. The van der Waals surface area contributed by atoms with Crippen molar-refractivity contribution < 1.29 is 23.9 Å². The first-order valence-corrected chi connectivity index (χ1v) is 6.72. The van der Waals surface area contributed by atoms with Gasteiger partial charge in [-0.2, -0.15) is 0 Å². The van der Waals surface area contributed by atoms with E-state index in [1.54, 1.807) is 20.8 Å². The Morgan fingerprint density at radius 1 is 1.42 bits per heavy atom. The van der Waals surface area contributed by atoms with Crippen molar-refractivity contribution in [1.29, 1.82) is 0 Å². The molecule has 1 aliphatic carbocycles. The van der Waals surface area contributed by atoms with E-state index < -0.39 is 23.1 Å². The van der Waals surface area contributed by atoms with E-state index in [1.165, 1.54) is 0 Å². The fourth-order valence-electron chi connectivity index (χ4n) is 3.02. The number of ether oxygens (including phenoxy) is 2. The second-order valence-electron chi connectivity index (χ2n) is 5.90. The number of rotatable bonds is 2. The number of carbonyl (C=O) groups is 3. The third-order valence-electron chi connectivity index (χ3n) is 3.95. The van der Waals surface area contributed by atoms with Crippen LogP contribution in [0.4, 0.5) is 0 Å². The number of ketones is 2. The van der Waals surface area contributed by atoms with Crippen LogP contribution in [0.2, 0.25) is 0 Å². The molecule has 1 saturated carbocycles. The van der Waals surface area contributed by atoms with Gasteiger partial charge in [-0.3, -0.25) is 14.4 Å². The van der Waals surface area contributed by atoms with Crippen LogP contribution >= 0.6 is 0 Å². The van der Waals surface area contributed by atoms with Gasteiger partial charge >= 0.3 is 5.97 Å². The summed E-state index contributed by atoms with van der Waals surface area (Å²) in [7, 11) is 0. The molecular formula is C14H20O5. The van der Waals surface area contributed by atoms with E-state index >= 15 is 0 Å². The lowest BCUT2D eigenvalue weighted by atomic mass is 9.64. The molecule has 106 valence electrons.